The highest BCUT2D eigenvalue weighted by molar-refractivity contribution is 7.98. The Balaban J connectivity index is 2.85. The molecule has 1 aromatic carbocycles. The molecule has 0 bridgehead atoms. The molecule has 0 saturated carbocycles. The number of amides is 1. The molecule has 26 heavy (non-hydrogen) atoms. The molecular weight excluding hydrogens is 358 g/mol. The number of benzene rings is 1. The van der Waals surface area contributed by atoms with Crippen LogP contribution in [0.2, 0.25) is 0 Å². The number of thioether (sulfide) groups is 1. The molecule has 1 aromatic rings. The monoisotopic (exact) mass is 379 g/mol. The van der Waals surface area contributed by atoms with E-state index in [1.165, 1.54) is 26.0 Å². The second-order valence-electron chi connectivity index (χ2n) is 5.03. The lowest BCUT2D eigenvalue weighted by Gasteiger charge is -2.13. The van der Waals surface area contributed by atoms with Crippen molar-refractivity contribution in [2.24, 2.45) is 0 Å². The van der Waals surface area contributed by atoms with Crippen molar-refractivity contribution < 1.29 is 24.2 Å². The Hall–Kier alpha value is -2.86. The van der Waals surface area contributed by atoms with Crippen molar-refractivity contribution in [3.8, 4) is 17.6 Å². The van der Waals surface area contributed by atoms with E-state index in [0.717, 1.165) is 6.20 Å². The van der Waals surface area contributed by atoms with Crippen molar-refractivity contribution in [3.63, 3.8) is 0 Å². The van der Waals surface area contributed by atoms with Crippen LogP contribution in [0.5, 0.6) is 11.5 Å². The fourth-order valence-electron chi connectivity index (χ4n) is 1.96. The lowest BCUT2D eigenvalue weighted by Crippen LogP contribution is -2.34. The number of hydrogen-bond acceptors (Lipinski definition) is 7. The molecule has 1 rings (SSSR count). The van der Waals surface area contributed by atoms with Gasteiger partial charge in [0.2, 0.25) is 0 Å². The molecule has 0 aliphatic heterocycles. The Labute approximate surface area is 156 Å². The molecule has 0 aliphatic carbocycles. The first-order valence-electron chi connectivity index (χ1n) is 7.58. The number of nitrogens with one attached hydrogen (secondary N) is 2. The number of carbonyl (C=O) groups excluding carboxylic acids is 1. The van der Waals surface area contributed by atoms with E-state index in [-0.39, 0.29) is 5.57 Å². The van der Waals surface area contributed by atoms with Gasteiger partial charge in [-0.2, -0.15) is 17.0 Å². The van der Waals surface area contributed by atoms with Crippen LogP contribution in [-0.4, -0.2) is 49.3 Å². The topological polar surface area (TPSA) is 121 Å². The zero-order valence-corrected chi connectivity index (χ0v) is 15.6. The largest absolute Gasteiger partial charge is 0.493 e. The number of aliphatic carboxylic acids is 1. The molecule has 0 heterocycles. The van der Waals surface area contributed by atoms with Crippen LogP contribution < -0.4 is 20.1 Å². The third-order valence-corrected chi connectivity index (χ3v) is 3.99. The number of carboxylic acids is 1. The maximum Gasteiger partial charge on any atom is 0.326 e. The minimum absolute atomic E-state index is 0.241. The minimum Gasteiger partial charge on any atom is -0.493 e. The first-order valence-corrected chi connectivity index (χ1v) is 8.97. The first-order chi connectivity index (χ1) is 12.5. The van der Waals surface area contributed by atoms with Crippen LogP contribution in [0.1, 0.15) is 6.42 Å². The van der Waals surface area contributed by atoms with Gasteiger partial charge in [-0.1, -0.05) is 0 Å². The predicted molar refractivity (Wildman–Crippen MR) is 99.4 cm³/mol. The quantitative estimate of drug-likeness (QED) is 0.416. The van der Waals surface area contributed by atoms with E-state index in [1.807, 2.05) is 6.26 Å². The van der Waals surface area contributed by atoms with E-state index in [4.69, 9.17) is 19.8 Å². The van der Waals surface area contributed by atoms with Crippen molar-refractivity contribution in [2.75, 3.05) is 31.5 Å². The Morgan fingerprint density at radius 3 is 2.58 bits per heavy atom. The zero-order chi connectivity index (χ0) is 19.5. The van der Waals surface area contributed by atoms with E-state index in [0.29, 0.717) is 29.4 Å². The van der Waals surface area contributed by atoms with Gasteiger partial charge in [0.05, 0.1) is 14.2 Å². The SMILES string of the molecule is COc1ccc(NC(=O)/C(C#N)=C\NC(CCSC)C(=O)O)cc1OC. The summed E-state index contributed by atoms with van der Waals surface area (Å²) in [7, 11) is 2.96. The molecular formula is C17H21N3O5S. The van der Waals surface area contributed by atoms with Gasteiger partial charge in [-0.05, 0) is 30.6 Å². The maximum atomic E-state index is 12.2. The Kier molecular flexibility index (Phi) is 8.87. The second-order valence-corrected chi connectivity index (χ2v) is 6.02. The second kappa shape index (κ2) is 10.9. The van der Waals surface area contributed by atoms with Gasteiger partial charge in [0.1, 0.15) is 17.7 Å². The van der Waals surface area contributed by atoms with Crippen molar-refractivity contribution in [2.45, 2.75) is 12.5 Å². The van der Waals surface area contributed by atoms with Crippen LogP contribution in [-0.2, 0) is 9.59 Å². The summed E-state index contributed by atoms with van der Waals surface area (Å²) < 4.78 is 10.3. The van der Waals surface area contributed by atoms with Crippen LogP contribution in [0.3, 0.4) is 0 Å². The predicted octanol–water partition coefficient (Wildman–Crippen LogP) is 1.85. The molecule has 140 valence electrons. The number of nitrogens with zero attached hydrogens (tertiary/aromatic N) is 1. The zero-order valence-electron chi connectivity index (χ0n) is 14.7. The van der Waals surface area contributed by atoms with Crippen LogP contribution >= 0.6 is 11.8 Å². The van der Waals surface area contributed by atoms with Gasteiger partial charge < -0.3 is 25.2 Å². The summed E-state index contributed by atoms with van der Waals surface area (Å²) in [6.07, 6.45) is 3.35. The molecule has 0 aliphatic rings. The summed E-state index contributed by atoms with van der Waals surface area (Å²) in [5.74, 6) is -0.151. The number of methoxy groups -OCH3 is 2. The molecule has 0 aromatic heterocycles. The van der Waals surface area contributed by atoms with E-state index in [9.17, 15) is 9.59 Å². The average Bonchev–Trinajstić information content (AvgIpc) is 2.64. The van der Waals surface area contributed by atoms with E-state index < -0.39 is 17.9 Å². The van der Waals surface area contributed by atoms with Crippen LogP contribution in [0.15, 0.2) is 30.0 Å². The normalized spacial score (nSPS) is 11.8. The summed E-state index contributed by atoms with van der Waals surface area (Å²) in [4.78, 5) is 23.4. The maximum absolute atomic E-state index is 12.2. The number of ether oxygens (including phenoxy) is 2. The lowest BCUT2D eigenvalue weighted by atomic mass is 10.2. The number of nitriles is 1. The van der Waals surface area contributed by atoms with Gasteiger partial charge in [0, 0.05) is 18.0 Å². The van der Waals surface area contributed by atoms with E-state index in [1.54, 1.807) is 24.3 Å². The minimum atomic E-state index is -1.05. The number of carboxylic acid groups (broad SMARTS) is 1. The Bertz CT molecular complexity index is 715. The average molecular weight is 379 g/mol. The number of hydrogen-bond donors (Lipinski definition) is 3. The fourth-order valence-corrected chi connectivity index (χ4v) is 2.43. The van der Waals surface area contributed by atoms with Gasteiger partial charge in [-0.3, -0.25) is 4.79 Å². The molecule has 9 heteroatoms. The molecule has 1 amide bonds. The molecule has 1 unspecified atom stereocenters. The third-order valence-electron chi connectivity index (χ3n) is 3.34. The van der Waals surface area contributed by atoms with Crippen LogP contribution in [0.25, 0.3) is 0 Å². The Morgan fingerprint density at radius 2 is 2.04 bits per heavy atom. The van der Waals surface area contributed by atoms with Gasteiger partial charge >= 0.3 is 5.97 Å². The molecule has 3 N–H and O–H groups in total. The van der Waals surface area contributed by atoms with Crippen molar-refractivity contribution in [3.05, 3.63) is 30.0 Å². The van der Waals surface area contributed by atoms with E-state index in [2.05, 4.69) is 10.6 Å². The smallest absolute Gasteiger partial charge is 0.326 e. The number of anilines is 1. The van der Waals surface area contributed by atoms with Crippen LogP contribution in [0.4, 0.5) is 5.69 Å². The van der Waals surface area contributed by atoms with Gasteiger partial charge in [0.15, 0.2) is 11.5 Å². The molecule has 0 saturated heterocycles. The van der Waals surface area contributed by atoms with Crippen molar-refractivity contribution in [1.82, 2.24) is 5.32 Å². The molecule has 0 radical (unpaired) electrons. The van der Waals surface area contributed by atoms with Crippen molar-refractivity contribution >= 4 is 29.3 Å². The summed E-state index contributed by atoms with van der Waals surface area (Å²) in [6, 6.07) is 5.65. The molecule has 1 atom stereocenters. The standard InChI is InChI=1S/C17H21N3O5S/c1-24-14-5-4-12(8-15(14)25-2)20-16(21)11(9-18)10-19-13(17(22)23)6-7-26-3/h4-5,8,10,13,19H,6-7H2,1-3H3,(H,20,21)(H,22,23)/b11-10-. The lowest BCUT2D eigenvalue weighted by molar-refractivity contribution is -0.139. The third kappa shape index (κ3) is 6.22. The van der Waals surface area contributed by atoms with Gasteiger partial charge in [-0.15, -0.1) is 0 Å². The van der Waals surface area contributed by atoms with Crippen LogP contribution in [0, 0.1) is 11.3 Å². The molecule has 0 spiro atoms. The van der Waals surface area contributed by atoms with Gasteiger partial charge in [0.25, 0.3) is 5.91 Å². The number of carbonyl (C=O) groups is 2. The summed E-state index contributed by atoms with van der Waals surface area (Å²) >= 11 is 1.51. The number of rotatable bonds is 10. The molecule has 8 nitrogen and oxygen atoms in total. The highest BCUT2D eigenvalue weighted by atomic mass is 32.2. The highest BCUT2D eigenvalue weighted by Gasteiger charge is 2.17. The van der Waals surface area contributed by atoms with Crippen molar-refractivity contribution in [1.29, 1.82) is 5.26 Å². The first kappa shape index (κ1) is 21.2. The highest BCUT2D eigenvalue weighted by Crippen LogP contribution is 2.29. The summed E-state index contributed by atoms with van der Waals surface area (Å²) in [5.41, 5.74) is 0.168. The fraction of sp³-hybridized carbons (Fsp3) is 0.353. The Morgan fingerprint density at radius 1 is 1.35 bits per heavy atom. The van der Waals surface area contributed by atoms with Gasteiger partial charge in [-0.25, -0.2) is 4.79 Å². The van der Waals surface area contributed by atoms with E-state index >= 15 is 0 Å². The summed E-state index contributed by atoms with van der Waals surface area (Å²) in [5, 5.41) is 23.5. The summed E-state index contributed by atoms with van der Waals surface area (Å²) in [6.45, 7) is 0. The molecule has 0 fully saturated rings.